The van der Waals surface area contributed by atoms with Gasteiger partial charge >= 0.3 is 29.8 Å². The van der Waals surface area contributed by atoms with Gasteiger partial charge in [-0.2, -0.15) is 0 Å². The van der Waals surface area contributed by atoms with E-state index in [0.717, 1.165) is 27.7 Å². The number of allylic oxidation sites excluding steroid dienone is 2. The second-order valence-electron chi connectivity index (χ2n) is 13.0. The van der Waals surface area contributed by atoms with Crippen molar-refractivity contribution in [2.75, 3.05) is 0 Å². The number of hydrogen-bond acceptors (Lipinski definition) is 13. The molecule has 2 aliphatic rings. The van der Waals surface area contributed by atoms with Gasteiger partial charge in [0.25, 0.3) is 0 Å². The highest BCUT2D eigenvalue weighted by Gasteiger charge is 2.70. The smallest absolute Gasteiger partial charge is 0.338 e. The lowest BCUT2D eigenvalue weighted by atomic mass is 9.72. The Balaban J connectivity index is 2.45. The van der Waals surface area contributed by atoms with E-state index in [1.54, 1.807) is 18.2 Å². The zero-order valence-electron chi connectivity index (χ0n) is 28.3. The molecule has 0 spiro atoms. The molecule has 2 aliphatic carbocycles. The maximum atomic E-state index is 14.5. The Morgan fingerprint density at radius 2 is 1.31 bits per heavy atom. The molecule has 13 heteroatoms. The number of benzene rings is 1. The van der Waals surface area contributed by atoms with Gasteiger partial charge in [0.1, 0.15) is 17.8 Å². The summed E-state index contributed by atoms with van der Waals surface area (Å²) >= 11 is 0. The zero-order valence-corrected chi connectivity index (χ0v) is 28.3. The maximum Gasteiger partial charge on any atom is 0.338 e. The summed E-state index contributed by atoms with van der Waals surface area (Å²) in [5.41, 5.74) is -6.22. The van der Waals surface area contributed by atoms with Crippen LogP contribution >= 0.6 is 0 Å². The number of rotatable bonds is 6. The fourth-order valence-electron chi connectivity index (χ4n) is 6.37. The number of ether oxygens (including phenoxy) is 5. The van der Waals surface area contributed by atoms with Crippen molar-refractivity contribution in [2.24, 2.45) is 17.3 Å². The van der Waals surface area contributed by atoms with Gasteiger partial charge in [0, 0.05) is 51.0 Å². The highest BCUT2D eigenvalue weighted by Crippen LogP contribution is 2.52. The number of ketones is 2. The summed E-state index contributed by atoms with van der Waals surface area (Å²) in [5.74, 6) is -9.11. The van der Waals surface area contributed by atoms with Gasteiger partial charge in [-0.15, -0.1) is 0 Å². The molecule has 1 saturated carbocycles. The molecule has 0 bridgehead atoms. The molecule has 0 saturated heterocycles. The van der Waals surface area contributed by atoms with E-state index in [9.17, 15) is 38.7 Å². The minimum atomic E-state index is -2.33. The SMILES string of the molecule is C=C1C(OC(C)=O)[C@H]2C(OC(C)=O)[C@](C)(O)CC2(OC(C)=O)C(=O)[C@H](C)/C=C/C(C)(C)C(=O)[C@H](OC(=O)c2ccccc2)C1OC(C)=O. The Morgan fingerprint density at radius 3 is 1.83 bits per heavy atom. The summed E-state index contributed by atoms with van der Waals surface area (Å²) in [6, 6.07) is 7.68. The van der Waals surface area contributed by atoms with Crippen LogP contribution in [-0.4, -0.2) is 82.1 Å². The predicted molar refractivity (Wildman–Crippen MR) is 167 cm³/mol. The van der Waals surface area contributed by atoms with Crippen LogP contribution in [0.2, 0.25) is 0 Å². The lowest BCUT2D eigenvalue weighted by Crippen LogP contribution is -2.58. The van der Waals surface area contributed by atoms with Crippen molar-refractivity contribution in [1.29, 1.82) is 0 Å². The predicted octanol–water partition coefficient (Wildman–Crippen LogP) is 3.01. The minimum Gasteiger partial charge on any atom is -0.459 e. The van der Waals surface area contributed by atoms with Crippen LogP contribution in [0.15, 0.2) is 54.6 Å². The highest BCUT2D eigenvalue weighted by atomic mass is 16.6. The largest absolute Gasteiger partial charge is 0.459 e. The van der Waals surface area contributed by atoms with Crippen molar-refractivity contribution < 1.29 is 62.4 Å². The monoisotopic (exact) mass is 670 g/mol. The van der Waals surface area contributed by atoms with Crippen LogP contribution < -0.4 is 0 Å². The van der Waals surface area contributed by atoms with Gasteiger partial charge in [-0.3, -0.25) is 28.8 Å². The van der Waals surface area contributed by atoms with Crippen molar-refractivity contribution in [2.45, 2.75) is 97.4 Å². The molecule has 0 amide bonds. The molecule has 1 fully saturated rings. The third-order valence-corrected chi connectivity index (χ3v) is 8.40. The van der Waals surface area contributed by atoms with Gasteiger partial charge in [0.2, 0.25) is 6.10 Å². The first kappa shape index (κ1) is 37.8. The molecule has 3 rings (SSSR count). The lowest BCUT2D eigenvalue weighted by Gasteiger charge is -2.42. The van der Waals surface area contributed by atoms with Crippen LogP contribution in [-0.2, 0) is 52.5 Å². The average Bonchev–Trinajstić information content (AvgIpc) is 3.19. The van der Waals surface area contributed by atoms with Crippen molar-refractivity contribution in [1.82, 2.24) is 0 Å². The van der Waals surface area contributed by atoms with Gasteiger partial charge in [-0.05, 0) is 32.9 Å². The van der Waals surface area contributed by atoms with E-state index >= 15 is 0 Å². The Labute approximate surface area is 278 Å². The van der Waals surface area contributed by atoms with Crippen molar-refractivity contribution in [3.8, 4) is 0 Å². The molecule has 0 aromatic heterocycles. The molecule has 4 unspecified atom stereocenters. The molecule has 1 aromatic carbocycles. The Bertz CT molecular complexity index is 1520. The van der Waals surface area contributed by atoms with Crippen LogP contribution in [0.1, 0.15) is 72.2 Å². The highest BCUT2D eigenvalue weighted by molar-refractivity contribution is 5.97. The third kappa shape index (κ3) is 7.89. The number of Topliss-reactive ketones (excluding diaryl/α,β-unsaturated/α-hetero) is 2. The van der Waals surface area contributed by atoms with Crippen LogP contribution in [0.3, 0.4) is 0 Å². The first-order valence-corrected chi connectivity index (χ1v) is 15.3. The summed E-state index contributed by atoms with van der Waals surface area (Å²) < 4.78 is 28.4. The minimum absolute atomic E-state index is 0.0587. The van der Waals surface area contributed by atoms with E-state index in [0.29, 0.717) is 0 Å². The second kappa shape index (κ2) is 14.2. The fraction of sp³-hybridized carbons (Fsp3) is 0.514. The normalized spacial score (nSPS) is 32.4. The summed E-state index contributed by atoms with van der Waals surface area (Å²) in [5, 5.41) is 11.7. The zero-order chi connectivity index (χ0) is 36.4. The molecule has 13 nitrogen and oxygen atoms in total. The van der Waals surface area contributed by atoms with E-state index in [4.69, 9.17) is 23.7 Å². The first-order valence-electron chi connectivity index (χ1n) is 15.3. The molecule has 0 aliphatic heterocycles. The number of carbonyl (C=O) groups excluding carboxylic acids is 7. The topological polar surface area (TPSA) is 186 Å². The fourth-order valence-corrected chi connectivity index (χ4v) is 6.37. The number of aliphatic hydroxyl groups is 1. The Morgan fingerprint density at radius 1 is 0.771 bits per heavy atom. The molecule has 1 N–H and O–H groups in total. The number of fused-ring (bicyclic) bond motifs is 1. The number of carbonyl (C=O) groups is 7. The van der Waals surface area contributed by atoms with E-state index in [1.165, 1.54) is 52.0 Å². The van der Waals surface area contributed by atoms with Gasteiger partial charge in [0.05, 0.1) is 11.5 Å². The summed E-state index contributed by atoms with van der Waals surface area (Å²) in [6.07, 6.45) is -5.15. The van der Waals surface area contributed by atoms with E-state index in [2.05, 4.69) is 6.58 Å². The third-order valence-electron chi connectivity index (χ3n) is 8.40. The Hall–Kier alpha value is -4.65. The number of esters is 5. The van der Waals surface area contributed by atoms with Crippen molar-refractivity contribution in [3.05, 3.63) is 60.2 Å². The van der Waals surface area contributed by atoms with Crippen LogP contribution in [0.5, 0.6) is 0 Å². The van der Waals surface area contributed by atoms with Gasteiger partial charge in [-0.1, -0.05) is 43.9 Å². The molecule has 1 aromatic rings. The Kier molecular flexibility index (Phi) is 11.2. The van der Waals surface area contributed by atoms with Gasteiger partial charge < -0.3 is 28.8 Å². The van der Waals surface area contributed by atoms with E-state index in [1.807, 2.05) is 0 Å². The first-order chi connectivity index (χ1) is 22.1. The van der Waals surface area contributed by atoms with Crippen LogP contribution in [0.4, 0.5) is 0 Å². The quantitative estimate of drug-likeness (QED) is 0.265. The maximum absolute atomic E-state index is 14.5. The van der Waals surface area contributed by atoms with Crippen LogP contribution in [0.25, 0.3) is 0 Å². The molecule has 0 heterocycles. The summed E-state index contributed by atoms with van der Waals surface area (Å²) in [6.45, 7) is 13.8. The summed E-state index contributed by atoms with van der Waals surface area (Å²) in [4.78, 5) is 92.7. The molecular weight excluding hydrogens is 628 g/mol. The molecule has 0 radical (unpaired) electrons. The van der Waals surface area contributed by atoms with Gasteiger partial charge in [-0.25, -0.2) is 4.79 Å². The van der Waals surface area contributed by atoms with Crippen LogP contribution in [0, 0.1) is 17.3 Å². The molecule has 260 valence electrons. The average molecular weight is 671 g/mol. The lowest BCUT2D eigenvalue weighted by molar-refractivity contribution is -0.187. The van der Waals surface area contributed by atoms with Crippen molar-refractivity contribution >= 4 is 41.4 Å². The summed E-state index contributed by atoms with van der Waals surface area (Å²) in [7, 11) is 0. The van der Waals surface area contributed by atoms with E-state index in [-0.39, 0.29) is 5.56 Å². The van der Waals surface area contributed by atoms with E-state index < -0.39 is 106 Å². The van der Waals surface area contributed by atoms with Crippen molar-refractivity contribution in [3.63, 3.8) is 0 Å². The number of hydrogen-bond donors (Lipinski definition) is 1. The molecule has 48 heavy (non-hydrogen) atoms. The second-order valence-corrected chi connectivity index (χ2v) is 13.0. The van der Waals surface area contributed by atoms with Gasteiger partial charge in [0.15, 0.2) is 23.3 Å². The molecule has 8 atom stereocenters. The molecular formula is C35H42O13. The standard InChI is InChI=1S/C35H42O13/c1-18-15-16-33(7,8)30(41)28(47-32(42)24-13-11-10-12-14-24)27(45-21(4)37)19(2)26(44-20(3)36)25-31(46-22(5)38)34(9,43)17-35(25,29(18)40)48-23(6)39/h10-16,18,25-28,31,43H,2,17H2,1,3-9H3/b16-15+/t18-,25+,26?,27?,28-,31?,34-,35?/m1/s1.